The Hall–Kier alpha value is -1.66. The van der Waals surface area contributed by atoms with Crippen molar-refractivity contribution in [1.82, 2.24) is 5.32 Å². The first kappa shape index (κ1) is 82.3. The maximum Gasteiger partial charge on any atom is 0.305 e. The van der Waals surface area contributed by atoms with Crippen LogP contribution in [0, 0.1) is 0 Å². The van der Waals surface area contributed by atoms with Crippen molar-refractivity contribution in [1.29, 1.82) is 0 Å². The van der Waals surface area contributed by atoms with Gasteiger partial charge in [0.05, 0.1) is 25.4 Å². The quantitative estimate of drug-likeness (QED) is 0.0320. The third-order valence-electron chi connectivity index (χ3n) is 18.2. The van der Waals surface area contributed by atoms with E-state index in [1.165, 1.54) is 360 Å². The molecule has 0 spiro atoms. The Bertz CT molecular complexity index is 1320. The maximum atomic E-state index is 12.6. The van der Waals surface area contributed by atoms with Crippen molar-refractivity contribution in [3.05, 3.63) is 24.3 Å². The first-order chi connectivity index (χ1) is 41.5. The van der Waals surface area contributed by atoms with E-state index in [1.807, 2.05) is 0 Å². The van der Waals surface area contributed by atoms with Crippen molar-refractivity contribution < 1.29 is 24.5 Å². The van der Waals surface area contributed by atoms with Crippen LogP contribution in [0.15, 0.2) is 24.3 Å². The zero-order valence-corrected chi connectivity index (χ0v) is 57.2. The second kappa shape index (κ2) is 73.8. The number of carbonyl (C=O) groups excluding carboxylic acids is 2. The highest BCUT2D eigenvalue weighted by Gasteiger charge is 2.20. The van der Waals surface area contributed by atoms with E-state index in [-0.39, 0.29) is 18.5 Å². The van der Waals surface area contributed by atoms with Gasteiger partial charge < -0.3 is 20.3 Å². The van der Waals surface area contributed by atoms with Gasteiger partial charge in [-0.1, -0.05) is 372 Å². The maximum absolute atomic E-state index is 12.6. The zero-order valence-electron chi connectivity index (χ0n) is 57.2. The predicted molar refractivity (Wildman–Crippen MR) is 370 cm³/mol. The van der Waals surface area contributed by atoms with Crippen LogP contribution in [0.25, 0.3) is 0 Å². The number of unbranched alkanes of at least 4 members (excludes halogenated alkanes) is 58. The molecule has 2 atom stereocenters. The lowest BCUT2D eigenvalue weighted by atomic mass is 10.0. The molecular formula is C78H151NO5. The van der Waals surface area contributed by atoms with Gasteiger partial charge in [-0.25, -0.2) is 0 Å². The van der Waals surface area contributed by atoms with Gasteiger partial charge in [0.2, 0.25) is 5.91 Å². The summed E-state index contributed by atoms with van der Waals surface area (Å²) in [5.41, 5.74) is 0. The van der Waals surface area contributed by atoms with Gasteiger partial charge in [-0.3, -0.25) is 9.59 Å². The topological polar surface area (TPSA) is 95.9 Å². The van der Waals surface area contributed by atoms with Gasteiger partial charge in [-0.05, 0) is 77.0 Å². The van der Waals surface area contributed by atoms with Gasteiger partial charge in [-0.2, -0.15) is 0 Å². The molecule has 2 unspecified atom stereocenters. The summed E-state index contributed by atoms with van der Waals surface area (Å²) < 4.78 is 5.48. The van der Waals surface area contributed by atoms with Gasteiger partial charge >= 0.3 is 5.97 Å². The first-order valence-corrected chi connectivity index (χ1v) is 38.6. The number of aliphatic hydroxyl groups excluding tert-OH is 2. The molecule has 0 bridgehead atoms. The van der Waals surface area contributed by atoms with E-state index in [2.05, 4.69) is 43.5 Å². The van der Waals surface area contributed by atoms with Gasteiger partial charge in [0.25, 0.3) is 0 Å². The van der Waals surface area contributed by atoms with Gasteiger partial charge in [0.1, 0.15) is 0 Å². The first-order valence-electron chi connectivity index (χ1n) is 38.6. The number of ether oxygens (including phenoxy) is 1. The third-order valence-corrected chi connectivity index (χ3v) is 18.2. The van der Waals surface area contributed by atoms with Crippen LogP contribution >= 0.6 is 0 Å². The summed E-state index contributed by atoms with van der Waals surface area (Å²) >= 11 is 0. The van der Waals surface area contributed by atoms with Crippen LogP contribution in [-0.4, -0.2) is 47.4 Å². The number of aliphatic hydroxyl groups is 2. The van der Waals surface area contributed by atoms with Crippen LogP contribution < -0.4 is 5.32 Å². The number of nitrogens with one attached hydrogen (secondary N) is 1. The van der Waals surface area contributed by atoms with Crippen LogP contribution in [0.5, 0.6) is 0 Å². The lowest BCUT2D eigenvalue weighted by molar-refractivity contribution is -0.143. The molecule has 0 saturated heterocycles. The summed E-state index contributed by atoms with van der Waals surface area (Å²) in [5, 5.41) is 23.5. The second-order valence-electron chi connectivity index (χ2n) is 26.7. The van der Waals surface area contributed by atoms with E-state index in [0.717, 1.165) is 44.9 Å². The Kier molecular flexibility index (Phi) is 72.3. The van der Waals surface area contributed by atoms with E-state index < -0.39 is 12.1 Å². The zero-order chi connectivity index (χ0) is 60.6. The van der Waals surface area contributed by atoms with Crippen molar-refractivity contribution in [2.45, 2.75) is 450 Å². The van der Waals surface area contributed by atoms with Crippen molar-refractivity contribution in [3.63, 3.8) is 0 Å². The fourth-order valence-corrected chi connectivity index (χ4v) is 12.3. The Balaban J connectivity index is 3.36. The predicted octanol–water partition coefficient (Wildman–Crippen LogP) is 25.3. The summed E-state index contributed by atoms with van der Waals surface area (Å²) in [7, 11) is 0. The van der Waals surface area contributed by atoms with Gasteiger partial charge in [0.15, 0.2) is 0 Å². The Morgan fingerprint density at radius 1 is 0.321 bits per heavy atom. The Labute approximate surface area is 526 Å². The molecule has 0 aliphatic carbocycles. The van der Waals surface area contributed by atoms with Crippen LogP contribution in [0.2, 0.25) is 0 Å². The summed E-state index contributed by atoms with van der Waals surface area (Å²) in [6, 6.07) is -0.541. The number of esters is 1. The molecule has 0 aromatic heterocycles. The standard InChI is InChI=1S/C78H151NO5/c1-3-5-7-9-11-13-15-17-18-19-20-21-31-34-37-40-43-47-50-54-58-62-66-70-76(81)75(74-80)79-77(82)71-67-63-59-55-51-48-44-41-38-35-32-29-27-25-23-22-24-26-28-30-33-36-39-42-45-49-53-57-61-65-69-73-84-78(83)72-68-64-60-56-52-46-16-14-12-10-8-6-4-2/h14,16,24,26,75-76,80-81H,3-13,15,17-23,25,27-74H2,1-2H3,(H,79,82)/b16-14-,26-24-. The molecule has 0 rings (SSSR count). The minimum absolute atomic E-state index is 0.00927. The largest absolute Gasteiger partial charge is 0.466 e. The van der Waals surface area contributed by atoms with E-state index in [1.54, 1.807) is 0 Å². The molecule has 6 heteroatoms. The summed E-state index contributed by atoms with van der Waals surface area (Å²) in [4.78, 5) is 24.6. The molecule has 0 fully saturated rings. The molecule has 84 heavy (non-hydrogen) atoms. The van der Waals surface area contributed by atoms with E-state index in [4.69, 9.17) is 4.74 Å². The molecule has 0 radical (unpaired) electrons. The third kappa shape index (κ3) is 69.4. The fourth-order valence-electron chi connectivity index (χ4n) is 12.3. The van der Waals surface area contributed by atoms with Gasteiger partial charge in [0, 0.05) is 12.8 Å². The molecule has 0 aliphatic rings. The van der Waals surface area contributed by atoms with Gasteiger partial charge in [-0.15, -0.1) is 0 Å². The molecule has 6 nitrogen and oxygen atoms in total. The molecule has 0 saturated carbocycles. The normalized spacial score (nSPS) is 12.6. The molecule has 1 amide bonds. The smallest absolute Gasteiger partial charge is 0.305 e. The lowest BCUT2D eigenvalue weighted by Crippen LogP contribution is -2.45. The van der Waals surface area contributed by atoms with Crippen LogP contribution in [0.3, 0.4) is 0 Å². The molecule has 498 valence electrons. The Morgan fingerprint density at radius 2 is 0.560 bits per heavy atom. The highest BCUT2D eigenvalue weighted by atomic mass is 16.5. The minimum Gasteiger partial charge on any atom is -0.466 e. The number of hydrogen-bond acceptors (Lipinski definition) is 5. The average molecular weight is 1180 g/mol. The molecule has 0 aliphatic heterocycles. The van der Waals surface area contributed by atoms with Crippen molar-refractivity contribution in [2.24, 2.45) is 0 Å². The Morgan fingerprint density at radius 3 is 0.857 bits per heavy atom. The lowest BCUT2D eigenvalue weighted by Gasteiger charge is -2.22. The molecule has 0 aromatic rings. The summed E-state index contributed by atoms with van der Waals surface area (Å²) in [5.74, 6) is -0.0182. The monoisotopic (exact) mass is 1180 g/mol. The average Bonchev–Trinajstić information content (AvgIpc) is 3.51. The number of allylic oxidation sites excluding steroid dienone is 4. The number of rotatable bonds is 73. The summed E-state index contributed by atoms with van der Waals surface area (Å²) in [6.07, 6.45) is 94.0. The van der Waals surface area contributed by atoms with Crippen LogP contribution in [0.1, 0.15) is 438 Å². The highest BCUT2D eigenvalue weighted by molar-refractivity contribution is 5.76. The van der Waals surface area contributed by atoms with Crippen molar-refractivity contribution in [3.8, 4) is 0 Å². The second-order valence-corrected chi connectivity index (χ2v) is 26.7. The molecule has 3 N–H and O–H groups in total. The van der Waals surface area contributed by atoms with Crippen LogP contribution in [0.4, 0.5) is 0 Å². The highest BCUT2D eigenvalue weighted by Crippen LogP contribution is 2.20. The molecule has 0 heterocycles. The molecular weight excluding hydrogens is 1030 g/mol. The van der Waals surface area contributed by atoms with E-state index in [0.29, 0.717) is 25.9 Å². The van der Waals surface area contributed by atoms with E-state index in [9.17, 15) is 19.8 Å². The number of amides is 1. The fraction of sp³-hybridized carbons (Fsp3) is 0.923. The van der Waals surface area contributed by atoms with E-state index >= 15 is 0 Å². The van der Waals surface area contributed by atoms with Crippen molar-refractivity contribution in [2.75, 3.05) is 13.2 Å². The minimum atomic E-state index is -0.664. The SMILES string of the molecule is CCCCCC/C=C\CCCCCCCC(=O)OCCCCCCCCCCCCCC/C=C\CCCCCCCCCCCCCCCCCC(=O)NC(CO)C(O)CCCCCCCCCCCCCCCCCCCCCCCCC. The number of hydrogen-bond donors (Lipinski definition) is 3. The van der Waals surface area contributed by atoms with Crippen LogP contribution in [-0.2, 0) is 14.3 Å². The molecule has 0 aromatic carbocycles. The number of carbonyl (C=O) groups is 2. The summed E-state index contributed by atoms with van der Waals surface area (Å²) in [6.45, 7) is 4.98. The van der Waals surface area contributed by atoms with Crippen molar-refractivity contribution >= 4 is 11.9 Å².